The largest absolute Gasteiger partial charge is 0.304 e. The fourth-order valence-corrected chi connectivity index (χ4v) is 4.50. The highest BCUT2D eigenvalue weighted by Crippen LogP contribution is 2.32. The van der Waals surface area contributed by atoms with Crippen LogP contribution in [0.1, 0.15) is 28.4 Å². The molecule has 0 aliphatic rings. The number of hydrogen-bond donors (Lipinski definition) is 0. The minimum absolute atomic E-state index is 0.0306. The number of aryl methyl sites for hydroxylation is 1. The van der Waals surface area contributed by atoms with Crippen LogP contribution in [0.15, 0.2) is 103 Å². The molecule has 0 heterocycles. The van der Waals surface area contributed by atoms with E-state index in [0.29, 0.717) is 17.1 Å². The zero-order chi connectivity index (χ0) is 22.8. The molecule has 0 N–H and O–H groups in total. The van der Waals surface area contributed by atoms with Crippen LogP contribution >= 0.6 is 11.6 Å². The molecule has 0 saturated heterocycles. The molecule has 0 atom stereocenters. The molecule has 5 rings (SSSR count). The van der Waals surface area contributed by atoms with E-state index in [2.05, 4.69) is 61.5 Å². The molecule has 0 saturated carbocycles. The molecule has 0 radical (unpaired) electrons. The molecule has 162 valence electrons. The number of carbonyl (C=O) groups is 1. The third-order valence-electron chi connectivity index (χ3n) is 6.19. The van der Waals surface area contributed by atoms with Gasteiger partial charge in [-0.05, 0) is 81.6 Å². The third kappa shape index (κ3) is 4.22. The topological polar surface area (TPSA) is 20.3 Å². The lowest BCUT2D eigenvalue weighted by molar-refractivity contribution is 0.0985. The molecule has 0 fully saturated rings. The van der Waals surface area contributed by atoms with Gasteiger partial charge in [0.2, 0.25) is 0 Å². The van der Waals surface area contributed by atoms with Gasteiger partial charge >= 0.3 is 0 Å². The Hall–Kier alpha value is -3.62. The highest BCUT2D eigenvalue weighted by atomic mass is 35.5. The van der Waals surface area contributed by atoms with Gasteiger partial charge in [0.15, 0.2) is 0 Å². The molecule has 3 heteroatoms. The van der Waals surface area contributed by atoms with E-state index in [0.717, 1.165) is 28.4 Å². The average Bonchev–Trinajstić information content (AvgIpc) is 2.87. The van der Waals surface area contributed by atoms with Crippen molar-refractivity contribution < 1.29 is 4.79 Å². The van der Waals surface area contributed by atoms with E-state index < -0.39 is 0 Å². The van der Waals surface area contributed by atoms with Gasteiger partial charge in [-0.15, -0.1) is 0 Å². The summed E-state index contributed by atoms with van der Waals surface area (Å²) in [5.41, 5.74) is 3.84. The molecule has 0 aliphatic heterocycles. The van der Waals surface area contributed by atoms with Gasteiger partial charge in [-0.2, -0.15) is 0 Å². The molecule has 0 unspecified atom stereocenters. The van der Waals surface area contributed by atoms with Gasteiger partial charge in [-0.25, -0.2) is 0 Å². The predicted molar refractivity (Wildman–Crippen MR) is 139 cm³/mol. The van der Waals surface area contributed by atoms with Crippen LogP contribution in [0.25, 0.3) is 21.5 Å². The second-order valence-corrected chi connectivity index (χ2v) is 8.65. The maximum absolute atomic E-state index is 13.8. The van der Waals surface area contributed by atoms with Crippen LogP contribution < -0.4 is 4.90 Å². The van der Waals surface area contributed by atoms with E-state index in [9.17, 15) is 4.79 Å². The van der Waals surface area contributed by atoms with E-state index >= 15 is 0 Å². The summed E-state index contributed by atoms with van der Waals surface area (Å²) in [4.78, 5) is 15.7. The molecular weight excluding hydrogens is 426 g/mol. The fourth-order valence-electron chi connectivity index (χ4n) is 4.38. The lowest BCUT2D eigenvalue weighted by Crippen LogP contribution is -2.30. The number of amides is 1. The summed E-state index contributed by atoms with van der Waals surface area (Å²) >= 11 is 6.16. The monoisotopic (exact) mass is 449 g/mol. The van der Waals surface area contributed by atoms with Crippen LogP contribution in [-0.2, 0) is 13.0 Å². The third-order valence-corrected chi connectivity index (χ3v) is 6.44. The fraction of sp³-hybridized carbons (Fsp3) is 0.100. The molecule has 1 amide bonds. The molecule has 0 aliphatic carbocycles. The Kier molecular flexibility index (Phi) is 5.85. The second-order valence-electron chi connectivity index (χ2n) is 8.22. The smallest absolute Gasteiger partial charge is 0.258 e. The normalized spacial score (nSPS) is 11.1. The Labute approximate surface area is 199 Å². The van der Waals surface area contributed by atoms with Crippen molar-refractivity contribution in [1.82, 2.24) is 0 Å². The number of benzene rings is 5. The quantitative estimate of drug-likeness (QED) is 0.248. The lowest BCUT2D eigenvalue weighted by Gasteiger charge is -2.25. The number of nitrogens with zero attached hydrogens (tertiary/aromatic N) is 1. The van der Waals surface area contributed by atoms with E-state index in [4.69, 9.17) is 11.6 Å². The molecule has 5 aromatic carbocycles. The van der Waals surface area contributed by atoms with Crippen LogP contribution in [0, 0.1) is 0 Å². The van der Waals surface area contributed by atoms with Crippen molar-refractivity contribution in [2.24, 2.45) is 0 Å². The summed E-state index contributed by atoms with van der Waals surface area (Å²) in [5.74, 6) is -0.0306. The highest BCUT2D eigenvalue weighted by Gasteiger charge is 2.21. The number of rotatable bonds is 5. The van der Waals surface area contributed by atoms with E-state index in [1.54, 1.807) is 0 Å². The highest BCUT2D eigenvalue weighted by molar-refractivity contribution is 6.30. The van der Waals surface area contributed by atoms with Crippen molar-refractivity contribution in [3.05, 3.63) is 125 Å². The summed E-state index contributed by atoms with van der Waals surface area (Å²) in [6.07, 6.45) is 0.942. The standard InChI is InChI=1S/C30H24ClNO/c1-2-21-11-13-22(14-12-21)30(33)32(26-17-15-25(31)16-18-26)20-29-27-9-5-3-7-23(27)19-24-8-4-6-10-28(24)29/h3-19H,2,20H2,1H3. The first kappa shape index (κ1) is 21.2. The SMILES string of the molecule is CCc1ccc(C(=O)N(Cc2c3ccccc3cc3ccccc23)c2ccc(Cl)cc2)cc1. The molecule has 0 aromatic heterocycles. The Morgan fingerprint density at radius 3 is 1.91 bits per heavy atom. The summed E-state index contributed by atoms with van der Waals surface area (Å²) < 4.78 is 0. The van der Waals surface area contributed by atoms with Crippen molar-refractivity contribution in [2.45, 2.75) is 19.9 Å². The molecule has 2 nitrogen and oxygen atoms in total. The zero-order valence-electron chi connectivity index (χ0n) is 18.5. The number of hydrogen-bond acceptors (Lipinski definition) is 1. The van der Waals surface area contributed by atoms with Crippen LogP contribution in [0.3, 0.4) is 0 Å². The van der Waals surface area contributed by atoms with Gasteiger partial charge in [-0.3, -0.25) is 4.79 Å². The Balaban J connectivity index is 1.66. The zero-order valence-corrected chi connectivity index (χ0v) is 19.2. The summed E-state index contributed by atoms with van der Waals surface area (Å²) in [6.45, 7) is 2.57. The lowest BCUT2D eigenvalue weighted by atomic mass is 9.96. The van der Waals surface area contributed by atoms with Gasteiger partial charge in [0.05, 0.1) is 6.54 Å². The maximum atomic E-state index is 13.8. The van der Waals surface area contributed by atoms with Gasteiger partial charge in [0.1, 0.15) is 0 Å². The number of halogens is 1. The molecular formula is C30H24ClNO. The first-order valence-corrected chi connectivity index (χ1v) is 11.6. The van der Waals surface area contributed by atoms with E-state index in [-0.39, 0.29) is 5.91 Å². The summed E-state index contributed by atoms with van der Waals surface area (Å²) in [7, 11) is 0. The van der Waals surface area contributed by atoms with Crippen molar-refractivity contribution in [3.63, 3.8) is 0 Å². The first-order chi connectivity index (χ1) is 16.1. The predicted octanol–water partition coefficient (Wildman–Crippen LogP) is 8.06. The minimum Gasteiger partial charge on any atom is -0.304 e. The van der Waals surface area contributed by atoms with Crippen molar-refractivity contribution >= 4 is 44.7 Å². The van der Waals surface area contributed by atoms with E-state index in [1.165, 1.54) is 16.3 Å². The number of anilines is 1. The maximum Gasteiger partial charge on any atom is 0.258 e. The van der Waals surface area contributed by atoms with Crippen molar-refractivity contribution in [3.8, 4) is 0 Å². The van der Waals surface area contributed by atoms with E-state index in [1.807, 2.05) is 53.4 Å². The van der Waals surface area contributed by atoms with Gasteiger partial charge in [-0.1, -0.05) is 79.2 Å². The molecule has 5 aromatic rings. The Morgan fingerprint density at radius 2 is 1.33 bits per heavy atom. The number of carbonyl (C=O) groups excluding carboxylic acids is 1. The van der Waals surface area contributed by atoms with Gasteiger partial charge < -0.3 is 4.90 Å². The summed E-state index contributed by atoms with van der Waals surface area (Å²) in [6, 6.07) is 34.3. The van der Waals surface area contributed by atoms with Crippen LogP contribution in [-0.4, -0.2) is 5.91 Å². The number of fused-ring (bicyclic) bond motifs is 2. The summed E-state index contributed by atoms with van der Waals surface area (Å²) in [5, 5.41) is 5.30. The molecule has 33 heavy (non-hydrogen) atoms. The van der Waals surface area contributed by atoms with Gasteiger partial charge in [0.25, 0.3) is 5.91 Å². The van der Waals surface area contributed by atoms with Crippen molar-refractivity contribution in [2.75, 3.05) is 4.90 Å². The Morgan fingerprint density at radius 1 is 0.758 bits per heavy atom. The van der Waals surface area contributed by atoms with Crippen LogP contribution in [0.5, 0.6) is 0 Å². The second kappa shape index (κ2) is 9.09. The van der Waals surface area contributed by atoms with Crippen LogP contribution in [0.2, 0.25) is 5.02 Å². The molecule has 0 bridgehead atoms. The Bertz CT molecular complexity index is 1380. The van der Waals surface area contributed by atoms with Crippen LogP contribution in [0.4, 0.5) is 5.69 Å². The minimum atomic E-state index is -0.0306. The first-order valence-electron chi connectivity index (χ1n) is 11.2. The van der Waals surface area contributed by atoms with Crippen molar-refractivity contribution in [1.29, 1.82) is 0 Å². The van der Waals surface area contributed by atoms with Gasteiger partial charge in [0, 0.05) is 16.3 Å². The average molecular weight is 450 g/mol. The molecule has 0 spiro atoms.